The third-order valence-electron chi connectivity index (χ3n) is 4.42. The molecule has 2 heteroatoms. The molecule has 3 rings (SSSR count). The molecule has 1 nitrogen and oxygen atoms in total. The van der Waals surface area contributed by atoms with Gasteiger partial charge in [-0.15, -0.1) is 0 Å². The molecule has 1 heterocycles. The Kier molecular flexibility index (Phi) is 3.50. The van der Waals surface area contributed by atoms with Crippen LogP contribution in [0.1, 0.15) is 44.1 Å². The zero-order chi connectivity index (χ0) is 13.2. The molecule has 0 amide bonds. The van der Waals surface area contributed by atoms with E-state index in [4.69, 9.17) is 0 Å². The number of nitrogens with zero attached hydrogens (tertiary/aromatic N) is 1. The Labute approximate surface area is 113 Å². The minimum absolute atomic E-state index is 0.169. The molecule has 0 saturated heterocycles. The van der Waals surface area contributed by atoms with Crippen LogP contribution in [0.25, 0.3) is 10.9 Å². The number of benzene rings is 1. The predicted octanol–water partition coefficient (Wildman–Crippen LogP) is 4.87. The Morgan fingerprint density at radius 2 is 1.95 bits per heavy atom. The van der Waals surface area contributed by atoms with Crippen molar-refractivity contribution in [2.75, 3.05) is 0 Å². The van der Waals surface area contributed by atoms with Gasteiger partial charge in [-0.25, -0.2) is 4.39 Å². The fourth-order valence-corrected chi connectivity index (χ4v) is 3.26. The van der Waals surface area contributed by atoms with Crippen molar-refractivity contribution in [1.82, 2.24) is 4.98 Å². The van der Waals surface area contributed by atoms with E-state index in [1.807, 2.05) is 6.20 Å². The molecule has 0 atom stereocenters. The maximum Gasteiger partial charge on any atom is 0.123 e. The first-order valence-corrected chi connectivity index (χ1v) is 7.11. The van der Waals surface area contributed by atoms with Crippen molar-refractivity contribution in [2.45, 2.75) is 38.5 Å². The van der Waals surface area contributed by atoms with Gasteiger partial charge in [0.05, 0.1) is 5.52 Å². The SMILES string of the molecule is C[CH][C@H]1CC[C@H](c2ccnc3ccc(F)cc32)CC1. The molecule has 2 aromatic rings. The zero-order valence-corrected chi connectivity index (χ0v) is 11.3. The molecule has 0 unspecified atom stereocenters. The Balaban J connectivity index is 1.94. The van der Waals surface area contributed by atoms with E-state index in [1.165, 1.54) is 37.3 Å². The van der Waals surface area contributed by atoms with Gasteiger partial charge in [0.1, 0.15) is 5.82 Å². The first kappa shape index (κ1) is 12.6. The number of fused-ring (bicyclic) bond motifs is 1. The average Bonchev–Trinajstić information content (AvgIpc) is 2.47. The molecule has 1 radical (unpaired) electrons. The van der Waals surface area contributed by atoms with E-state index < -0.39 is 0 Å². The van der Waals surface area contributed by atoms with Gasteiger partial charge in [0.15, 0.2) is 0 Å². The number of hydrogen-bond acceptors (Lipinski definition) is 1. The van der Waals surface area contributed by atoms with Crippen molar-refractivity contribution in [3.05, 3.63) is 48.3 Å². The zero-order valence-electron chi connectivity index (χ0n) is 11.3. The molecular formula is C17H19FN. The second kappa shape index (κ2) is 5.28. The van der Waals surface area contributed by atoms with Crippen molar-refractivity contribution >= 4 is 10.9 Å². The van der Waals surface area contributed by atoms with Gasteiger partial charge >= 0.3 is 0 Å². The number of aromatic nitrogens is 1. The molecule has 99 valence electrons. The summed E-state index contributed by atoms with van der Waals surface area (Å²) in [6.07, 6.45) is 9.07. The number of halogens is 1. The highest BCUT2D eigenvalue weighted by Crippen LogP contribution is 2.38. The topological polar surface area (TPSA) is 12.9 Å². The molecule has 0 spiro atoms. The van der Waals surface area contributed by atoms with Crippen LogP contribution < -0.4 is 0 Å². The van der Waals surface area contributed by atoms with Crippen LogP contribution in [-0.4, -0.2) is 4.98 Å². The van der Waals surface area contributed by atoms with Crippen molar-refractivity contribution in [3.63, 3.8) is 0 Å². The van der Waals surface area contributed by atoms with Gasteiger partial charge in [-0.05, 0) is 73.8 Å². The van der Waals surface area contributed by atoms with Gasteiger partial charge in [0, 0.05) is 11.6 Å². The van der Waals surface area contributed by atoms with Crippen LogP contribution in [-0.2, 0) is 0 Å². The van der Waals surface area contributed by atoms with E-state index in [2.05, 4.69) is 24.4 Å². The van der Waals surface area contributed by atoms with E-state index >= 15 is 0 Å². The Hall–Kier alpha value is -1.44. The first-order chi connectivity index (χ1) is 9.28. The fraction of sp³-hybridized carbons (Fsp3) is 0.412. The van der Waals surface area contributed by atoms with Crippen molar-refractivity contribution in [2.24, 2.45) is 5.92 Å². The van der Waals surface area contributed by atoms with Gasteiger partial charge < -0.3 is 0 Å². The molecule has 1 saturated carbocycles. The Morgan fingerprint density at radius 1 is 1.16 bits per heavy atom. The molecule has 0 aliphatic heterocycles. The second-order valence-corrected chi connectivity index (χ2v) is 5.51. The lowest BCUT2D eigenvalue weighted by Gasteiger charge is -2.28. The normalized spacial score (nSPS) is 23.7. The lowest BCUT2D eigenvalue weighted by atomic mass is 9.77. The van der Waals surface area contributed by atoms with Gasteiger partial charge in [-0.3, -0.25) is 4.98 Å². The summed E-state index contributed by atoms with van der Waals surface area (Å²) in [6.45, 7) is 2.15. The van der Waals surface area contributed by atoms with Crippen LogP contribution in [0.2, 0.25) is 0 Å². The summed E-state index contributed by atoms with van der Waals surface area (Å²) >= 11 is 0. The minimum atomic E-state index is -0.169. The molecule has 1 aromatic heterocycles. The largest absolute Gasteiger partial charge is 0.256 e. The highest BCUT2D eigenvalue weighted by atomic mass is 19.1. The summed E-state index contributed by atoms with van der Waals surface area (Å²) in [5.41, 5.74) is 2.18. The van der Waals surface area contributed by atoms with Crippen molar-refractivity contribution < 1.29 is 4.39 Å². The van der Waals surface area contributed by atoms with E-state index in [9.17, 15) is 4.39 Å². The maximum atomic E-state index is 13.5. The Bertz CT molecular complexity index is 570. The van der Waals surface area contributed by atoms with Gasteiger partial charge in [0.2, 0.25) is 0 Å². The van der Waals surface area contributed by atoms with E-state index in [1.54, 1.807) is 12.1 Å². The summed E-state index contributed by atoms with van der Waals surface area (Å²) in [6, 6.07) is 6.97. The van der Waals surface area contributed by atoms with E-state index in [-0.39, 0.29) is 5.82 Å². The predicted molar refractivity (Wildman–Crippen MR) is 76.4 cm³/mol. The molecule has 0 bridgehead atoms. The van der Waals surface area contributed by atoms with Crippen LogP contribution in [0.3, 0.4) is 0 Å². The lowest BCUT2D eigenvalue weighted by Crippen LogP contribution is -2.13. The highest BCUT2D eigenvalue weighted by molar-refractivity contribution is 5.82. The molecule has 19 heavy (non-hydrogen) atoms. The van der Waals surface area contributed by atoms with Gasteiger partial charge in [-0.1, -0.05) is 6.92 Å². The third kappa shape index (κ3) is 2.49. The lowest BCUT2D eigenvalue weighted by molar-refractivity contribution is 0.360. The van der Waals surface area contributed by atoms with Crippen LogP contribution >= 0.6 is 0 Å². The summed E-state index contributed by atoms with van der Waals surface area (Å²) in [4.78, 5) is 4.34. The van der Waals surface area contributed by atoms with Crippen LogP contribution in [0.4, 0.5) is 4.39 Å². The second-order valence-electron chi connectivity index (χ2n) is 5.51. The molecule has 0 N–H and O–H groups in total. The van der Waals surface area contributed by atoms with Crippen molar-refractivity contribution in [1.29, 1.82) is 0 Å². The van der Waals surface area contributed by atoms with E-state index in [0.717, 1.165) is 16.8 Å². The average molecular weight is 256 g/mol. The number of rotatable bonds is 2. The molecular weight excluding hydrogens is 237 g/mol. The summed E-state index contributed by atoms with van der Waals surface area (Å²) in [5, 5.41) is 0.992. The first-order valence-electron chi connectivity index (χ1n) is 7.11. The fourth-order valence-electron chi connectivity index (χ4n) is 3.26. The molecule has 1 aliphatic carbocycles. The highest BCUT2D eigenvalue weighted by Gasteiger charge is 2.22. The Morgan fingerprint density at radius 3 is 2.68 bits per heavy atom. The summed E-state index contributed by atoms with van der Waals surface area (Å²) in [7, 11) is 0. The molecule has 1 fully saturated rings. The van der Waals surface area contributed by atoms with Crippen LogP contribution in [0.5, 0.6) is 0 Å². The monoisotopic (exact) mass is 256 g/mol. The minimum Gasteiger partial charge on any atom is -0.256 e. The number of hydrogen-bond donors (Lipinski definition) is 0. The smallest absolute Gasteiger partial charge is 0.123 e. The standard InChI is InChI=1S/C17H19FN/c1-2-12-3-5-13(6-4-12)15-9-10-19-17-8-7-14(18)11-16(15)17/h2,7-13H,3-6H2,1H3/t12-,13-. The van der Waals surface area contributed by atoms with Gasteiger partial charge in [0.25, 0.3) is 0 Å². The summed E-state index contributed by atoms with van der Waals surface area (Å²) in [5.74, 6) is 1.15. The molecule has 1 aliphatic rings. The summed E-state index contributed by atoms with van der Waals surface area (Å²) < 4.78 is 13.5. The third-order valence-corrected chi connectivity index (χ3v) is 4.42. The van der Waals surface area contributed by atoms with E-state index in [0.29, 0.717) is 5.92 Å². The van der Waals surface area contributed by atoms with Gasteiger partial charge in [-0.2, -0.15) is 0 Å². The molecule has 1 aromatic carbocycles. The quantitative estimate of drug-likeness (QED) is 0.746. The van der Waals surface area contributed by atoms with Crippen LogP contribution in [0, 0.1) is 18.2 Å². The maximum absolute atomic E-state index is 13.5. The van der Waals surface area contributed by atoms with Crippen molar-refractivity contribution in [3.8, 4) is 0 Å². The number of pyridine rings is 1. The van der Waals surface area contributed by atoms with Crippen LogP contribution in [0.15, 0.2) is 30.5 Å².